The molecule has 0 amide bonds. The lowest BCUT2D eigenvalue weighted by atomic mass is 10.4. The fourth-order valence-electron chi connectivity index (χ4n) is 0.345. The van der Waals surface area contributed by atoms with E-state index in [-0.39, 0.29) is 0 Å². The first-order valence-electron chi connectivity index (χ1n) is 2.98. The molecule has 0 aromatic carbocycles. The van der Waals surface area contributed by atoms with Gasteiger partial charge in [-0.05, 0) is 12.2 Å². The molecule has 0 aromatic rings. The highest BCUT2D eigenvalue weighted by Gasteiger charge is 1.82. The van der Waals surface area contributed by atoms with E-state index in [1.165, 1.54) is 0 Å². The summed E-state index contributed by atoms with van der Waals surface area (Å²) >= 11 is 0. The van der Waals surface area contributed by atoms with Gasteiger partial charge in [0, 0.05) is 12.7 Å². The van der Waals surface area contributed by atoms with Gasteiger partial charge in [-0.3, -0.25) is 0 Å². The molecule has 56 valence electrons. The molecule has 10 heavy (non-hydrogen) atoms. The lowest BCUT2D eigenvalue weighted by molar-refractivity contribution is 0.309. The van der Waals surface area contributed by atoms with Crippen molar-refractivity contribution in [3.8, 4) is 0 Å². The van der Waals surface area contributed by atoms with Gasteiger partial charge in [0.25, 0.3) is 0 Å². The predicted octanol–water partition coefficient (Wildman–Crippen LogP) is 1.44. The summed E-state index contributed by atoms with van der Waals surface area (Å²) in [6, 6.07) is 0. The Kier molecular flexibility index (Phi) is 4.12. The Morgan fingerprint density at radius 2 is 2.00 bits per heavy atom. The van der Waals surface area contributed by atoms with Gasteiger partial charge in [0.05, 0.1) is 7.11 Å². The first-order valence-corrected chi connectivity index (χ1v) is 2.98. The molecule has 0 spiro atoms. The average molecular weight is 139 g/mol. The summed E-state index contributed by atoms with van der Waals surface area (Å²) in [4.78, 5) is 0. The van der Waals surface area contributed by atoms with Gasteiger partial charge in [0.1, 0.15) is 5.76 Å². The van der Waals surface area contributed by atoms with Crippen LogP contribution in [0.5, 0.6) is 0 Å². The molecule has 0 aliphatic carbocycles. The third kappa shape index (κ3) is 3.78. The maximum absolute atomic E-state index is 4.79. The molecule has 0 atom stereocenters. The molecule has 2 heteroatoms. The van der Waals surface area contributed by atoms with E-state index >= 15 is 0 Å². The topological polar surface area (TPSA) is 21.3 Å². The second-order valence-electron chi connectivity index (χ2n) is 1.78. The third-order valence-corrected chi connectivity index (χ3v) is 1.05. The summed E-state index contributed by atoms with van der Waals surface area (Å²) in [6.07, 6.45) is 3.55. The van der Waals surface area contributed by atoms with Crippen LogP contribution in [-0.2, 0) is 4.74 Å². The molecule has 0 saturated carbocycles. The van der Waals surface area contributed by atoms with Crippen molar-refractivity contribution in [2.24, 2.45) is 0 Å². The number of likely N-dealkylation sites (N-methyl/N-ethyl adjacent to an activating group) is 1. The lowest BCUT2D eigenvalue weighted by Gasteiger charge is -1.97. The highest BCUT2D eigenvalue weighted by molar-refractivity contribution is 5.19. The van der Waals surface area contributed by atoms with Crippen molar-refractivity contribution in [1.29, 1.82) is 0 Å². The van der Waals surface area contributed by atoms with Crippen LogP contribution in [0.25, 0.3) is 0 Å². The Balaban J connectivity index is 3.75. The smallest absolute Gasteiger partial charge is 0.111 e. The summed E-state index contributed by atoms with van der Waals surface area (Å²) < 4.78 is 4.79. The number of methoxy groups -OCH3 is 1. The minimum atomic E-state index is 0.622. The van der Waals surface area contributed by atoms with Crippen LogP contribution in [0, 0.1) is 0 Å². The van der Waals surface area contributed by atoms with Crippen LogP contribution in [0.2, 0.25) is 0 Å². The second-order valence-corrected chi connectivity index (χ2v) is 1.78. The van der Waals surface area contributed by atoms with Gasteiger partial charge in [0.15, 0.2) is 0 Å². The average Bonchev–Trinajstić information content (AvgIpc) is 1.99. The van der Waals surface area contributed by atoms with Crippen molar-refractivity contribution in [3.63, 3.8) is 0 Å². The van der Waals surface area contributed by atoms with E-state index in [4.69, 9.17) is 4.74 Å². The summed E-state index contributed by atoms with van der Waals surface area (Å²) in [5.74, 6) is 0.622. The van der Waals surface area contributed by atoms with E-state index in [9.17, 15) is 0 Å². The Morgan fingerprint density at radius 1 is 1.40 bits per heavy atom. The minimum absolute atomic E-state index is 0.622. The van der Waals surface area contributed by atoms with Crippen LogP contribution in [0.1, 0.15) is 0 Å². The SMILES string of the molecule is C=C(/C=C\C(=C)OC)NC. The highest BCUT2D eigenvalue weighted by atomic mass is 16.5. The number of allylic oxidation sites excluding steroid dienone is 2. The molecule has 0 rings (SSSR count). The molecule has 0 aromatic heterocycles. The monoisotopic (exact) mass is 139 g/mol. The number of hydrogen-bond donors (Lipinski definition) is 1. The van der Waals surface area contributed by atoms with Crippen molar-refractivity contribution < 1.29 is 4.74 Å². The van der Waals surface area contributed by atoms with Crippen LogP contribution < -0.4 is 5.32 Å². The molecule has 0 heterocycles. The Morgan fingerprint density at radius 3 is 2.40 bits per heavy atom. The molecule has 0 unspecified atom stereocenters. The molecule has 0 bridgehead atoms. The normalized spacial score (nSPS) is 9.40. The summed E-state index contributed by atoms with van der Waals surface area (Å²) in [6.45, 7) is 7.29. The van der Waals surface area contributed by atoms with Crippen LogP contribution in [0.15, 0.2) is 36.8 Å². The van der Waals surface area contributed by atoms with Gasteiger partial charge in [0.2, 0.25) is 0 Å². The van der Waals surface area contributed by atoms with Crippen molar-refractivity contribution in [2.45, 2.75) is 0 Å². The van der Waals surface area contributed by atoms with E-state index in [0.29, 0.717) is 5.76 Å². The Labute approximate surface area is 61.9 Å². The van der Waals surface area contributed by atoms with Gasteiger partial charge >= 0.3 is 0 Å². The Hall–Kier alpha value is -1.18. The summed E-state index contributed by atoms with van der Waals surface area (Å²) in [5, 5.41) is 2.87. The molecule has 1 N–H and O–H groups in total. The zero-order valence-corrected chi connectivity index (χ0v) is 6.48. The van der Waals surface area contributed by atoms with Crippen molar-refractivity contribution in [3.05, 3.63) is 36.8 Å². The molecule has 0 aliphatic rings. The molecular weight excluding hydrogens is 126 g/mol. The molecule has 0 aliphatic heterocycles. The van der Waals surface area contributed by atoms with Crippen LogP contribution in [-0.4, -0.2) is 14.2 Å². The van der Waals surface area contributed by atoms with Crippen molar-refractivity contribution >= 4 is 0 Å². The second kappa shape index (κ2) is 4.68. The van der Waals surface area contributed by atoms with Crippen LogP contribution >= 0.6 is 0 Å². The standard InChI is InChI=1S/C8H13NO/c1-7(9-3)5-6-8(2)10-4/h5-6,9H,1-2H2,3-4H3/b6-5-. The van der Waals surface area contributed by atoms with Gasteiger partial charge in [-0.2, -0.15) is 0 Å². The van der Waals surface area contributed by atoms with Gasteiger partial charge in [-0.25, -0.2) is 0 Å². The van der Waals surface area contributed by atoms with Crippen molar-refractivity contribution in [1.82, 2.24) is 5.32 Å². The molecular formula is C8H13NO. The molecule has 0 saturated heterocycles. The van der Waals surface area contributed by atoms with Crippen LogP contribution in [0.4, 0.5) is 0 Å². The van der Waals surface area contributed by atoms with Gasteiger partial charge < -0.3 is 10.1 Å². The third-order valence-electron chi connectivity index (χ3n) is 1.05. The molecule has 2 nitrogen and oxygen atoms in total. The number of hydrogen-bond acceptors (Lipinski definition) is 2. The number of ether oxygens (including phenoxy) is 1. The van der Waals surface area contributed by atoms with E-state index in [1.807, 2.05) is 7.05 Å². The lowest BCUT2D eigenvalue weighted by Crippen LogP contribution is -2.00. The molecule has 0 fully saturated rings. The first-order chi connectivity index (χ1) is 4.70. The molecule has 0 radical (unpaired) electrons. The number of rotatable bonds is 4. The highest BCUT2D eigenvalue weighted by Crippen LogP contribution is 1.94. The maximum Gasteiger partial charge on any atom is 0.111 e. The van der Waals surface area contributed by atoms with Gasteiger partial charge in [-0.15, -0.1) is 0 Å². The van der Waals surface area contributed by atoms with Crippen LogP contribution in [0.3, 0.4) is 0 Å². The van der Waals surface area contributed by atoms with E-state index in [0.717, 1.165) is 5.70 Å². The van der Waals surface area contributed by atoms with E-state index in [2.05, 4.69) is 18.5 Å². The summed E-state index contributed by atoms with van der Waals surface area (Å²) in [7, 11) is 3.39. The van der Waals surface area contributed by atoms with E-state index < -0.39 is 0 Å². The zero-order valence-electron chi connectivity index (χ0n) is 6.48. The van der Waals surface area contributed by atoms with Crippen molar-refractivity contribution in [2.75, 3.05) is 14.2 Å². The predicted molar refractivity (Wildman–Crippen MR) is 43.5 cm³/mol. The minimum Gasteiger partial charge on any atom is -0.497 e. The fraction of sp³-hybridized carbons (Fsp3) is 0.250. The quantitative estimate of drug-likeness (QED) is 0.470. The largest absolute Gasteiger partial charge is 0.497 e. The zero-order chi connectivity index (χ0) is 7.98. The number of nitrogens with one attached hydrogen (secondary N) is 1. The Bertz CT molecular complexity index is 141. The maximum atomic E-state index is 4.79. The first kappa shape index (κ1) is 8.82. The summed E-state index contributed by atoms with van der Waals surface area (Å²) in [5.41, 5.74) is 0.832. The van der Waals surface area contributed by atoms with Gasteiger partial charge in [-0.1, -0.05) is 13.2 Å². The fourth-order valence-corrected chi connectivity index (χ4v) is 0.345. The van der Waals surface area contributed by atoms with E-state index in [1.54, 1.807) is 19.3 Å².